The van der Waals surface area contributed by atoms with Crippen LogP contribution >= 0.6 is 23.2 Å². The van der Waals surface area contributed by atoms with Gasteiger partial charge in [-0.2, -0.15) is 0 Å². The van der Waals surface area contributed by atoms with Crippen molar-refractivity contribution in [1.29, 1.82) is 0 Å². The maximum Gasteiger partial charge on any atom is 0.246 e. The second-order valence-corrected chi connectivity index (χ2v) is 8.75. The van der Waals surface area contributed by atoms with E-state index in [1.54, 1.807) is 34.1 Å². The Morgan fingerprint density at radius 2 is 1.80 bits per heavy atom. The van der Waals surface area contributed by atoms with E-state index >= 15 is 0 Å². The van der Waals surface area contributed by atoms with Gasteiger partial charge in [-0.3, -0.25) is 9.59 Å². The van der Waals surface area contributed by atoms with Crippen molar-refractivity contribution in [1.82, 2.24) is 14.7 Å². The number of carbonyl (C=O) groups is 2. The molecule has 3 rings (SSSR count). The molecule has 0 radical (unpaired) electrons. The van der Waals surface area contributed by atoms with Crippen molar-refractivity contribution < 1.29 is 14.7 Å². The smallest absolute Gasteiger partial charge is 0.246 e. The lowest BCUT2D eigenvalue weighted by molar-refractivity contribution is -0.131. The van der Waals surface area contributed by atoms with Crippen molar-refractivity contribution in [2.75, 3.05) is 45.8 Å². The Balaban J connectivity index is 1.50. The average molecular weight is 454 g/mol. The Bertz CT molecular complexity index is 781. The largest absolute Gasteiger partial charge is 0.390 e. The van der Waals surface area contributed by atoms with E-state index in [-0.39, 0.29) is 18.2 Å². The summed E-state index contributed by atoms with van der Waals surface area (Å²) in [5.74, 6) is -0.166. The summed E-state index contributed by atoms with van der Waals surface area (Å²) in [5.41, 5.74) is 0.783. The average Bonchev–Trinajstić information content (AvgIpc) is 2.91. The van der Waals surface area contributed by atoms with Gasteiger partial charge in [0.15, 0.2) is 0 Å². The summed E-state index contributed by atoms with van der Waals surface area (Å²) in [6, 6.07) is 5.17. The zero-order valence-electron chi connectivity index (χ0n) is 17.1. The van der Waals surface area contributed by atoms with E-state index in [1.165, 1.54) is 25.3 Å². The van der Waals surface area contributed by atoms with E-state index in [1.807, 2.05) is 0 Å². The molecule has 0 spiro atoms. The third-order valence-corrected chi connectivity index (χ3v) is 6.35. The van der Waals surface area contributed by atoms with Crippen molar-refractivity contribution in [3.05, 3.63) is 39.9 Å². The van der Waals surface area contributed by atoms with Crippen LogP contribution in [0.3, 0.4) is 0 Å². The Morgan fingerprint density at radius 3 is 2.53 bits per heavy atom. The van der Waals surface area contributed by atoms with E-state index in [0.29, 0.717) is 42.8 Å². The van der Waals surface area contributed by atoms with Gasteiger partial charge < -0.3 is 19.8 Å². The predicted octanol–water partition coefficient (Wildman–Crippen LogP) is 2.91. The number of β-amino-alcohol motifs (C(OH)–C–C–N with tert-alkyl or cyclic N) is 1. The summed E-state index contributed by atoms with van der Waals surface area (Å²) >= 11 is 11.9. The fourth-order valence-electron chi connectivity index (χ4n) is 3.92. The molecular weight excluding hydrogens is 425 g/mol. The van der Waals surface area contributed by atoms with Gasteiger partial charge in [0.05, 0.1) is 16.1 Å². The highest BCUT2D eigenvalue weighted by molar-refractivity contribution is 6.42. The predicted molar refractivity (Wildman–Crippen MR) is 120 cm³/mol. The zero-order valence-corrected chi connectivity index (χ0v) is 18.6. The molecule has 6 nitrogen and oxygen atoms in total. The zero-order chi connectivity index (χ0) is 21.5. The number of piperidine rings is 1. The molecule has 2 aliphatic heterocycles. The minimum atomic E-state index is -0.566. The third kappa shape index (κ3) is 6.71. The number of nitrogens with zero attached hydrogens (tertiary/aromatic N) is 3. The van der Waals surface area contributed by atoms with Crippen LogP contribution in [0.1, 0.15) is 31.2 Å². The lowest BCUT2D eigenvalue weighted by Gasteiger charge is -2.30. The normalized spacial score (nSPS) is 19.9. The van der Waals surface area contributed by atoms with Crippen LogP contribution in [0.2, 0.25) is 10.0 Å². The maximum absolute atomic E-state index is 12.6. The van der Waals surface area contributed by atoms with Crippen LogP contribution in [0.5, 0.6) is 0 Å². The number of amides is 2. The number of likely N-dealkylation sites (tertiary alicyclic amines) is 1. The molecule has 1 atom stereocenters. The quantitative estimate of drug-likeness (QED) is 0.672. The number of carbonyl (C=O) groups excluding carboxylic acids is 2. The minimum absolute atomic E-state index is 0.0172. The molecule has 2 heterocycles. The first-order chi connectivity index (χ1) is 14.4. The molecule has 8 heteroatoms. The SMILES string of the molecule is O=C(C=Cc1ccc(Cl)c(Cl)c1)N1CCC(=O)N(C[C@@H](O)CN2CCCCC2)CC1. The Morgan fingerprint density at radius 1 is 1.03 bits per heavy atom. The summed E-state index contributed by atoms with van der Waals surface area (Å²) < 4.78 is 0. The fourth-order valence-corrected chi connectivity index (χ4v) is 4.23. The van der Waals surface area contributed by atoms with Crippen molar-refractivity contribution in [3.8, 4) is 0 Å². The number of hydrogen-bond acceptors (Lipinski definition) is 4. The van der Waals surface area contributed by atoms with Crippen molar-refractivity contribution >= 4 is 41.1 Å². The Kier molecular flexibility index (Phi) is 8.57. The summed E-state index contributed by atoms with van der Waals surface area (Å²) in [6.45, 7) is 4.20. The standard InChI is InChI=1S/C22H29Cl2N3O3/c23-19-6-4-17(14-20(19)24)5-7-21(29)26-11-8-22(30)27(13-12-26)16-18(28)15-25-9-2-1-3-10-25/h4-7,14,18,28H,1-3,8-13,15-16H2/t18-/m0/s1. The van der Waals surface area contributed by atoms with Gasteiger partial charge in [-0.05, 0) is 49.7 Å². The van der Waals surface area contributed by atoms with Crippen LogP contribution in [0.15, 0.2) is 24.3 Å². The van der Waals surface area contributed by atoms with Gasteiger partial charge >= 0.3 is 0 Å². The summed E-state index contributed by atoms with van der Waals surface area (Å²) in [4.78, 5) is 30.7. The van der Waals surface area contributed by atoms with Crippen LogP contribution in [0.4, 0.5) is 0 Å². The first-order valence-electron chi connectivity index (χ1n) is 10.5. The van der Waals surface area contributed by atoms with Gasteiger partial charge in [0, 0.05) is 45.2 Å². The van der Waals surface area contributed by atoms with Gasteiger partial charge in [-0.15, -0.1) is 0 Å². The first kappa shape index (κ1) is 23.1. The van der Waals surface area contributed by atoms with Gasteiger partial charge in [-0.1, -0.05) is 35.7 Å². The van der Waals surface area contributed by atoms with Crippen LogP contribution in [-0.4, -0.2) is 83.5 Å². The number of aliphatic hydroxyl groups is 1. The molecule has 1 aromatic rings. The van der Waals surface area contributed by atoms with Crippen LogP contribution < -0.4 is 0 Å². The maximum atomic E-state index is 12.6. The van der Waals surface area contributed by atoms with E-state index in [4.69, 9.17) is 23.2 Å². The lowest BCUT2D eigenvalue weighted by Crippen LogP contribution is -2.44. The van der Waals surface area contributed by atoms with Crippen LogP contribution in [0.25, 0.3) is 6.08 Å². The van der Waals surface area contributed by atoms with E-state index in [9.17, 15) is 14.7 Å². The molecular formula is C22H29Cl2N3O3. The monoisotopic (exact) mass is 453 g/mol. The number of aliphatic hydroxyl groups excluding tert-OH is 1. The van der Waals surface area contributed by atoms with E-state index < -0.39 is 6.10 Å². The molecule has 30 heavy (non-hydrogen) atoms. The molecule has 0 saturated carbocycles. The van der Waals surface area contributed by atoms with Crippen LogP contribution in [-0.2, 0) is 9.59 Å². The molecule has 0 bridgehead atoms. The first-order valence-corrected chi connectivity index (χ1v) is 11.3. The Labute approximate surface area is 188 Å². The summed E-state index contributed by atoms with van der Waals surface area (Å²) in [6.07, 6.45) is 6.47. The summed E-state index contributed by atoms with van der Waals surface area (Å²) in [7, 11) is 0. The topological polar surface area (TPSA) is 64.1 Å². The highest BCUT2D eigenvalue weighted by Crippen LogP contribution is 2.23. The van der Waals surface area contributed by atoms with Crippen LogP contribution in [0, 0.1) is 0 Å². The highest BCUT2D eigenvalue weighted by Gasteiger charge is 2.25. The van der Waals surface area contributed by atoms with Crippen molar-refractivity contribution in [2.24, 2.45) is 0 Å². The van der Waals surface area contributed by atoms with Gasteiger partial charge in [0.2, 0.25) is 11.8 Å². The Hall–Kier alpha value is -1.60. The minimum Gasteiger partial charge on any atom is -0.390 e. The number of benzene rings is 1. The molecule has 164 valence electrons. The molecule has 2 aliphatic rings. The van der Waals surface area contributed by atoms with E-state index in [2.05, 4.69) is 4.90 Å². The molecule has 2 amide bonds. The second-order valence-electron chi connectivity index (χ2n) is 7.94. The second kappa shape index (κ2) is 11.1. The lowest BCUT2D eigenvalue weighted by atomic mass is 10.1. The molecule has 0 aliphatic carbocycles. The highest BCUT2D eigenvalue weighted by atomic mass is 35.5. The number of halogens is 2. The molecule has 0 aromatic heterocycles. The van der Waals surface area contributed by atoms with Crippen molar-refractivity contribution in [2.45, 2.75) is 31.8 Å². The number of hydrogen-bond donors (Lipinski definition) is 1. The number of rotatable bonds is 6. The molecule has 1 aromatic carbocycles. The van der Waals surface area contributed by atoms with Gasteiger partial charge in [0.25, 0.3) is 0 Å². The van der Waals surface area contributed by atoms with Gasteiger partial charge in [0.1, 0.15) is 0 Å². The third-order valence-electron chi connectivity index (χ3n) is 5.61. The molecule has 1 N–H and O–H groups in total. The van der Waals surface area contributed by atoms with E-state index in [0.717, 1.165) is 18.7 Å². The molecule has 0 unspecified atom stereocenters. The van der Waals surface area contributed by atoms with Gasteiger partial charge in [-0.25, -0.2) is 0 Å². The fraction of sp³-hybridized carbons (Fsp3) is 0.545. The molecule has 2 saturated heterocycles. The summed E-state index contributed by atoms with van der Waals surface area (Å²) in [5, 5.41) is 11.3. The molecule has 2 fully saturated rings. The van der Waals surface area contributed by atoms with Crippen molar-refractivity contribution in [3.63, 3.8) is 0 Å².